The SMILES string of the molecule is CCCC1(C(=O)N(CCO)C(CC)CC)CCCNC1. The van der Waals surface area contributed by atoms with Crippen LogP contribution in [0.1, 0.15) is 59.3 Å². The molecule has 1 saturated heterocycles. The molecular weight excluding hydrogens is 252 g/mol. The number of piperidine rings is 1. The largest absolute Gasteiger partial charge is 0.395 e. The summed E-state index contributed by atoms with van der Waals surface area (Å²) in [4.78, 5) is 15.1. The van der Waals surface area contributed by atoms with Crippen molar-refractivity contribution < 1.29 is 9.90 Å². The van der Waals surface area contributed by atoms with E-state index < -0.39 is 0 Å². The van der Waals surface area contributed by atoms with Gasteiger partial charge in [0.2, 0.25) is 5.91 Å². The van der Waals surface area contributed by atoms with Gasteiger partial charge >= 0.3 is 0 Å². The minimum Gasteiger partial charge on any atom is -0.395 e. The Morgan fingerprint density at radius 3 is 2.50 bits per heavy atom. The first kappa shape index (κ1) is 17.4. The molecule has 118 valence electrons. The molecule has 1 aliphatic rings. The van der Waals surface area contributed by atoms with Crippen LogP contribution in [0.3, 0.4) is 0 Å². The molecule has 4 heteroatoms. The van der Waals surface area contributed by atoms with E-state index in [4.69, 9.17) is 0 Å². The Labute approximate surface area is 123 Å². The van der Waals surface area contributed by atoms with Gasteiger partial charge in [-0.2, -0.15) is 0 Å². The molecule has 0 radical (unpaired) electrons. The summed E-state index contributed by atoms with van der Waals surface area (Å²) in [7, 11) is 0. The second-order valence-corrected chi connectivity index (χ2v) is 6.00. The van der Waals surface area contributed by atoms with Crippen LogP contribution in [0.5, 0.6) is 0 Å². The molecule has 20 heavy (non-hydrogen) atoms. The maximum atomic E-state index is 13.1. The monoisotopic (exact) mass is 284 g/mol. The number of amides is 1. The third kappa shape index (κ3) is 3.95. The minimum atomic E-state index is -0.245. The zero-order valence-electron chi connectivity index (χ0n) is 13.5. The van der Waals surface area contributed by atoms with Crippen LogP contribution in [0, 0.1) is 5.41 Å². The number of carbonyl (C=O) groups excluding carboxylic acids is 1. The molecule has 0 saturated carbocycles. The highest BCUT2D eigenvalue weighted by Crippen LogP contribution is 2.34. The molecule has 1 rings (SSSR count). The first-order valence-electron chi connectivity index (χ1n) is 8.27. The Bertz CT molecular complexity index is 279. The summed E-state index contributed by atoms with van der Waals surface area (Å²) >= 11 is 0. The van der Waals surface area contributed by atoms with E-state index in [0.29, 0.717) is 6.54 Å². The molecule has 0 aromatic rings. The number of hydrogen-bond acceptors (Lipinski definition) is 3. The Kier molecular flexibility index (Phi) is 7.52. The van der Waals surface area contributed by atoms with E-state index in [2.05, 4.69) is 26.1 Å². The van der Waals surface area contributed by atoms with E-state index in [1.165, 1.54) is 0 Å². The van der Waals surface area contributed by atoms with Crippen molar-refractivity contribution in [2.24, 2.45) is 5.41 Å². The fourth-order valence-electron chi connectivity index (χ4n) is 3.54. The van der Waals surface area contributed by atoms with Crippen LogP contribution in [0.15, 0.2) is 0 Å². The average Bonchev–Trinajstić information content (AvgIpc) is 2.48. The minimum absolute atomic E-state index is 0.0534. The van der Waals surface area contributed by atoms with Crippen molar-refractivity contribution in [3.8, 4) is 0 Å². The summed E-state index contributed by atoms with van der Waals surface area (Å²) in [6.45, 7) is 8.73. The van der Waals surface area contributed by atoms with Gasteiger partial charge in [-0.15, -0.1) is 0 Å². The lowest BCUT2D eigenvalue weighted by atomic mass is 9.75. The molecule has 1 amide bonds. The topological polar surface area (TPSA) is 52.6 Å². The van der Waals surface area contributed by atoms with Crippen LogP contribution in [-0.2, 0) is 4.79 Å². The summed E-state index contributed by atoms with van der Waals surface area (Å²) in [5.74, 6) is 0.259. The number of rotatable bonds is 8. The summed E-state index contributed by atoms with van der Waals surface area (Å²) < 4.78 is 0. The van der Waals surface area contributed by atoms with E-state index in [1.54, 1.807) is 0 Å². The van der Waals surface area contributed by atoms with Gasteiger partial charge in [-0.05, 0) is 38.6 Å². The number of carbonyl (C=O) groups is 1. The number of nitrogens with one attached hydrogen (secondary N) is 1. The van der Waals surface area contributed by atoms with Gasteiger partial charge in [0.1, 0.15) is 0 Å². The predicted molar refractivity (Wildman–Crippen MR) is 82.6 cm³/mol. The molecule has 0 aromatic heterocycles. The van der Waals surface area contributed by atoms with Gasteiger partial charge in [0, 0.05) is 19.1 Å². The first-order valence-corrected chi connectivity index (χ1v) is 8.27. The van der Waals surface area contributed by atoms with Crippen LogP contribution in [0.4, 0.5) is 0 Å². The number of hydrogen-bond donors (Lipinski definition) is 2. The van der Waals surface area contributed by atoms with Crippen LogP contribution in [-0.4, -0.2) is 48.2 Å². The smallest absolute Gasteiger partial charge is 0.230 e. The molecule has 4 nitrogen and oxygen atoms in total. The molecule has 1 unspecified atom stereocenters. The Morgan fingerprint density at radius 2 is 2.05 bits per heavy atom. The fourth-order valence-corrected chi connectivity index (χ4v) is 3.54. The van der Waals surface area contributed by atoms with Crippen molar-refractivity contribution in [1.82, 2.24) is 10.2 Å². The van der Waals surface area contributed by atoms with Crippen molar-refractivity contribution in [3.05, 3.63) is 0 Å². The van der Waals surface area contributed by atoms with Gasteiger partial charge < -0.3 is 15.3 Å². The Balaban J connectivity index is 2.93. The Morgan fingerprint density at radius 1 is 1.35 bits per heavy atom. The number of nitrogens with zero attached hydrogens (tertiary/aromatic N) is 1. The van der Waals surface area contributed by atoms with E-state index in [1.807, 2.05) is 4.90 Å². The van der Waals surface area contributed by atoms with Crippen molar-refractivity contribution in [3.63, 3.8) is 0 Å². The summed E-state index contributed by atoms with van der Waals surface area (Å²) in [5, 5.41) is 12.7. The van der Waals surface area contributed by atoms with E-state index in [9.17, 15) is 9.90 Å². The zero-order chi connectivity index (χ0) is 15.0. The van der Waals surface area contributed by atoms with Gasteiger partial charge in [-0.25, -0.2) is 0 Å². The molecule has 0 aromatic carbocycles. The Hall–Kier alpha value is -0.610. The van der Waals surface area contributed by atoms with Crippen molar-refractivity contribution in [1.29, 1.82) is 0 Å². The summed E-state index contributed by atoms with van der Waals surface area (Å²) in [5.41, 5.74) is -0.245. The van der Waals surface area contributed by atoms with Gasteiger partial charge in [-0.1, -0.05) is 27.2 Å². The maximum Gasteiger partial charge on any atom is 0.230 e. The third-order valence-corrected chi connectivity index (χ3v) is 4.64. The first-order chi connectivity index (χ1) is 9.65. The molecule has 1 aliphatic heterocycles. The zero-order valence-corrected chi connectivity index (χ0v) is 13.5. The molecular formula is C16H32N2O2. The second-order valence-electron chi connectivity index (χ2n) is 6.00. The third-order valence-electron chi connectivity index (χ3n) is 4.64. The highest BCUT2D eigenvalue weighted by Gasteiger charge is 2.42. The van der Waals surface area contributed by atoms with Crippen LogP contribution in [0.2, 0.25) is 0 Å². The van der Waals surface area contributed by atoms with Crippen molar-refractivity contribution >= 4 is 5.91 Å². The van der Waals surface area contributed by atoms with Gasteiger partial charge in [0.25, 0.3) is 0 Å². The standard InChI is InChI=1S/C16H32N2O2/c1-4-8-16(9-7-10-17-13-16)15(20)18(11-12-19)14(5-2)6-3/h14,17,19H,4-13H2,1-3H3. The summed E-state index contributed by atoms with van der Waals surface area (Å²) in [6, 6.07) is 0.255. The van der Waals surface area contributed by atoms with Crippen LogP contribution in [0.25, 0.3) is 0 Å². The molecule has 2 N–H and O–H groups in total. The highest BCUT2D eigenvalue weighted by atomic mass is 16.3. The van der Waals surface area contributed by atoms with Gasteiger partial charge in [0.05, 0.1) is 12.0 Å². The molecule has 1 atom stereocenters. The van der Waals surface area contributed by atoms with Crippen molar-refractivity contribution in [2.45, 2.75) is 65.3 Å². The molecule has 1 fully saturated rings. The van der Waals surface area contributed by atoms with E-state index >= 15 is 0 Å². The van der Waals surface area contributed by atoms with Gasteiger partial charge in [-0.3, -0.25) is 4.79 Å². The lowest BCUT2D eigenvalue weighted by Gasteiger charge is -2.42. The average molecular weight is 284 g/mol. The van der Waals surface area contributed by atoms with E-state index in [-0.39, 0.29) is 24.0 Å². The van der Waals surface area contributed by atoms with Crippen LogP contribution < -0.4 is 5.32 Å². The highest BCUT2D eigenvalue weighted by molar-refractivity contribution is 5.83. The lowest BCUT2D eigenvalue weighted by Crippen LogP contribution is -2.55. The lowest BCUT2D eigenvalue weighted by molar-refractivity contribution is -0.147. The van der Waals surface area contributed by atoms with Crippen molar-refractivity contribution in [2.75, 3.05) is 26.2 Å². The molecule has 0 spiro atoms. The van der Waals surface area contributed by atoms with Gasteiger partial charge in [0.15, 0.2) is 0 Å². The normalized spacial score (nSPS) is 23.1. The molecule has 1 heterocycles. The quantitative estimate of drug-likeness (QED) is 0.718. The predicted octanol–water partition coefficient (Wildman–Crippen LogP) is 2.17. The maximum absolute atomic E-state index is 13.1. The van der Waals surface area contributed by atoms with E-state index in [0.717, 1.165) is 51.6 Å². The second kappa shape index (κ2) is 8.63. The number of aliphatic hydroxyl groups excluding tert-OH is 1. The fraction of sp³-hybridized carbons (Fsp3) is 0.938. The summed E-state index contributed by atoms with van der Waals surface area (Å²) in [6.07, 6.45) is 5.94. The van der Waals surface area contributed by atoms with Crippen LogP contribution >= 0.6 is 0 Å². The number of aliphatic hydroxyl groups is 1. The molecule has 0 bridgehead atoms. The molecule has 0 aliphatic carbocycles.